The maximum Gasteiger partial charge on any atom is 0.193 e. The number of ether oxygens (including phenoxy) is 2. The van der Waals surface area contributed by atoms with Crippen molar-refractivity contribution in [1.82, 2.24) is 10.2 Å². The number of benzene rings is 1. The van der Waals surface area contributed by atoms with Crippen LogP contribution in [-0.2, 0) is 15.9 Å². The van der Waals surface area contributed by atoms with Gasteiger partial charge in [0.05, 0.1) is 18.8 Å². The number of hydrogen-bond acceptors (Lipinski definition) is 3. The molecule has 3 fully saturated rings. The minimum atomic E-state index is 0.317. The minimum absolute atomic E-state index is 0.317. The lowest BCUT2D eigenvalue weighted by Crippen LogP contribution is -2.47. The highest BCUT2D eigenvalue weighted by atomic mass is 16.5. The standard InChI is InChI=1S/C26H39N3O2/c1-2-27-26(28-17-24-23-11-10-19-7-3-4-9-22(19)25(23)24)29-14-12-20(13-15-29)31-18-21-8-5-6-16-30-21/h3-4,7,9,20-21,23-25H,2,5-6,8,10-18H2,1H3,(H,27,28). The fourth-order valence-electron chi connectivity index (χ4n) is 5.99. The summed E-state index contributed by atoms with van der Waals surface area (Å²) < 4.78 is 12.0. The summed E-state index contributed by atoms with van der Waals surface area (Å²) in [5, 5.41) is 3.55. The number of nitrogens with zero attached hydrogens (tertiary/aromatic N) is 2. The number of hydrogen-bond donors (Lipinski definition) is 1. The van der Waals surface area contributed by atoms with Crippen molar-refractivity contribution < 1.29 is 9.47 Å². The third-order valence-corrected chi connectivity index (χ3v) is 7.81. The molecule has 2 saturated heterocycles. The number of guanidine groups is 1. The molecule has 2 heterocycles. The third kappa shape index (κ3) is 4.93. The second-order valence-corrected chi connectivity index (χ2v) is 9.79. The molecule has 5 rings (SSSR count). The highest BCUT2D eigenvalue weighted by molar-refractivity contribution is 5.80. The van der Waals surface area contributed by atoms with Crippen LogP contribution in [0.1, 0.15) is 62.5 Å². The molecule has 0 radical (unpaired) electrons. The van der Waals surface area contributed by atoms with E-state index in [1.165, 1.54) is 25.7 Å². The fraction of sp³-hybridized carbons (Fsp3) is 0.731. The second kappa shape index (κ2) is 9.91. The largest absolute Gasteiger partial charge is 0.376 e. The van der Waals surface area contributed by atoms with Gasteiger partial charge in [0, 0.05) is 32.8 Å². The van der Waals surface area contributed by atoms with Gasteiger partial charge in [0.15, 0.2) is 5.96 Å². The zero-order chi connectivity index (χ0) is 21.0. The molecule has 0 spiro atoms. The van der Waals surface area contributed by atoms with Crippen LogP contribution in [0.5, 0.6) is 0 Å². The lowest BCUT2D eigenvalue weighted by atomic mass is 9.92. The van der Waals surface area contributed by atoms with E-state index in [1.807, 2.05) is 0 Å². The van der Waals surface area contributed by atoms with Gasteiger partial charge in [-0.3, -0.25) is 4.99 Å². The van der Waals surface area contributed by atoms with E-state index in [4.69, 9.17) is 14.5 Å². The summed E-state index contributed by atoms with van der Waals surface area (Å²) in [7, 11) is 0. The summed E-state index contributed by atoms with van der Waals surface area (Å²) in [6.07, 6.45) is 9.08. The van der Waals surface area contributed by atoms with Crippen molar-refractivity contribution in [2.24, 2.45) is 16.8 Å². The molecular weight excluding hydrogens is 386 g/mol. The van der Waals surface area contributed by atoms with Gasteiger partial charge in [-0.05, 0) is 80.8 Å². The summed E-state index contributed by atoms with van der Waals surface area (Å²) in [4.78, 5) is 7.56. The van der Waals surface area contributed by atoms with Crippen molar-refractivity contribution in [3.8, 4) is 0 Å². The molecule has 170 valence electrons. The maximum atomic E-state index is 6.20. The molecule has 0 bridgehead atoms. The summed E-state index contributed by atoms with van der Waals surface area (Å²) in [5.41, 5.74) is 3.17. The minimum Gasteiger partial charge on any atom is -0.376 e. The average Bonchev–Trinajstić information content (AvgIpc) is 3.55. The van der Waals surface area contributed by atoms with Gasteiger partial charge in [-0.25, -0.2) is 0 Å². The van der Waals surface area contributed by atoms with Crippen molar-refractivity contribution >= 4 is 5.96 Å². The van der Waals surface area contributed by atoms with Crippen LogP contribution in [0, 0.1) is 11.8 Å². The molecule has 0 aromatic heterocycles. The Morgan fingerprint density at radius 1 is 1.16 bits per heavy atom. The van der Waals surface area contributed by atoms with Crippen molar-refractivity contribution in [1.29, 1.82) is 0 Å². The van der Waals surface area contributed by atoms with Crippen molar-refractivity contribution in [3.05, 3.63) is 35.4 Å². The van der Waals surface area contributed by atoms with Crippen LogP contribution >= 0.6 is 0 Å². The molecule has 4 unspecified atom stereocenters. The van der Waals surface area contributed by atoms with Gasteiger partial charge in [-0.1, -0.05) is 24.3 Å². The molecule has 2 aliphatic carbocycles. The second-order valence-electron chi connectivity index (χ2n) is 9.79. The highest BCUT2D eigenvalue weighted by Gasteiger charge is 2.52. The molecule has 5 nitrogen and oxygen atoms in total. The first-order valence-corrected chi connectivity index (χ1v) is 12.7. The topological polar surface area (TPSA) is 46.1 Å². The highest BCUT2D eigenvalue weighted by Crippen LogP contribution is 2.59. The lowest BCUT2D eigenvalue weighted by molar-refractivity contribution is -0.0721. The zero-order valence-electron chi connectivity index (χ0n) is 19.1. The number of nitrogens with one attached hydrogen (secondary N) is 1. The first kappa shape index (κ1) is 21.3. The van der Waals surface area contributed by atoms with Crippen LogP contribution in [0.15, 0.2) is 29.3 Å². The molecule has 4 atom stereocenters. The van der Waals surface area contributed by atoms with Crippen molar-refractivity contribution in [3.63, 3.8) is 0 Å². The molecule has 0 amide bonds. The number of aliphatic imine (C=N–C) groups is 1. The van der Waals surface area contributed by atoms with Crippen LogP contribution in [0.25, 0.3) is 0 Å². The van der Waals surface area contributed by atoms with E-state index >= 15 is 0 Å². The molecule has 1 aromatic carbocycles. The number of aryl methyl sites for hydroxylation is 1. The quantitative estimate of drug-likeness (QED) is 0.553. The van der Waals surface area contributed by atoms with E-state index in [0.29, 0.717) is 12.2 Å². The van der Waals surface area contributed by atoms with Gasteiger partial charge in [0.1, 0.15) is 0 Å². The number of piperidine rings is 1. The van der Waals surface area contributed by atoms with Crippen molar-refractivity contribution in [2.75, 3.05) is 39.4 Å². The van der Waals surface area contributed by atoms with E-state index in [9.17, 15) is 0 Å². The Balaban J connectivity index is 1.12. The number of likely N-dealkylation sites (tertiary alicyclic amines) is 1. The Morgan fingerprint density at radius 3 is 2.84 bits per heavy atom. The van der Waals surface area contributed by atoms with Gasteiger partial charge in [0.2, 0.25) is 0 Å². The first-order valence-electron chi connectivity index (χ1n) is 12.7. The number of fused-ring (bicyclic) bond motifs is 3. The molecule has 1 N–H and O–H groups in total. The Hall–Kier alpha value is -1.59. The maximum absolute atomic E-state index is 6.20. The molecule has 1 saturated carbocycles. The van der Waals surface area contributed by atoms with Crippen LogP contribution in [0.2, 0.25) is 0 Å². The molecule has 31 heavy (non-hydrogen) atoms. The van der Waals surface area contributed by atoms with E-state index in [2.05, 4.69) is 41.4 Å². The van der Waals surface area contributed by atoms with Crippen LogP contribution in [0.4, 0.5) is 0 Å². The average molecular weight is 426 g/mol. The zero-order valence-corrected chi connectivity index (χ0v) is 19.1. The summed E-state index contributed by atoms with van der Waals surface area (Å²) in [5.74, 6) is 3.43. The monoisotopic (exact) mass is 425 g/mol. The molecule has 5 heteroatoms. The van der Waals surface area contributed by atoms with E-state index < -0.39 is 0 Å². The first-order chi connectivity index (χ1) is 15.3. The van der Waals surface area contributed by atoms with Gasteiger partial charge in [0.25, 0.3) is 0 Å². The van der Waals surface area contributed by atoms with Crippen molar-refractivity contribution in [2.45, 2.75) is 70.0 Å². The molecular formula is C26H39N3O2. The summed E-state index contributed by atoms with van der Waals surface area (Å²) in [6.45, 7) is 7.79. The number of rotatable bonds is 6. The third-order valence-electron chi connectivity index (χ3n) is 7.81. The lowest BCUT2D eigenvalue weighted by Gasteiger charge is -2.35. The van der Waals surface area contributed by atoms with Crippen LogP contribution < -0.4 is 5.32 Å². The molecule has 4 aliphatic rings. The van der Waals surface area contributed by atoms with E-state index in [0.717, 1.165) is 82.4 Å². The fourth-order valence-corrected chi connectivity index (χ4v) is 5.99. The molecule has 2 aliphatic heterocycles. The smallest absolute Gasteiger partial charge is 0.193 e. The van der Waals surface area contributed by atoms with Crippen LogP contribution in [-0.4, -0.2) is 62.5 Å². The van der Waals surface area contributed by atoms with E-state index in [1.54, 1.807) is 11.1 Å². The Bertz CT molecular complexity index is 753. The van der Waals surface area contributed by atoms with Gasteiger partial charge in [-0.2, -0.15) is 0 Å². The normalized spacial score (nSPS) is 31.1. The van der Waals surface area contributed by atoms with Crippen LogP contribution in [0.3, 0.4) is 0 Å². The summed E-state index contributed by atoms with van der Waals surface area (Å²) in [6, 6.07) is 9.06. The Labute approximate surface area is 187 Å². The van der Waals surface area contributed by atoms with Gasteiger partial charge >= 0.3 is 0 Å². The van der Waals surface area contributed by atoms with Gasteiger partial charge in [-0.15, -0.1) is 0 Å². The Kier molecular flexibility index (Phi) is 6.80. The van der Waals surface area contributed by atoms with Gasteiger partial charge < -0.3 is 19.7 Å². The summed E-state index contributed by atoms with van der Waals surface area (Å²) >= 11 is 0. The predicted molar refractivity (Wildman–Crippen MR) is 125 cm³/mol. The van der Waals surface area contributed by atoms with E-state index in [-0.39, 0.29) is 0 Å². The SMILES string of the molecule is CCNC(=NCC1C2CCc3ccccc3C21)N1CCC(OCC2CCCCO2)CC1. The predicted octanol–water partition coefficient (Wildman–Crippen LogP) is 3.98. The molecule has 1 aromatic rings. The Morgan fingerprint density at radius 2 is 2.03 bits per heavy atom.